The molecule has 0 aromatic rings. The van der Waals surface area contributed by atoms with Crippen molar-refractivity contribution < 1.29 is 38.1 Å². The maximum atomic E-state index is 13.3. The van der Waals surface area contributed by atoms with E-state index >= 15 is 0 Å². The van der Waals surface area contributed by atoms with Gasteiger partial charge in [0.25, 0.3) is 0 Å². The molecule has 0 radical (unpaired) electrons. The monoisotopic (exact) mass is 568 g/mol. The van der Waals surface area contributed by atoms with E-state index in [0.29, 0.717) is 25.7 Å². The minimum atomic E-state index is -1.29. The van der Waals surface area contributed by atoms with Gasteiger partial charge in [0.2, 0.25) is 0 Å². The lowest BCUT2D eigenvalue weighted by atomic mass is 9.66. The molecule has 0 unspecified atom stereocenters. The fourth-order valence-electron chi connectivity index (χ4n) is 6.17. The van der Waals surface area contributed by atoms with E-state index in [1.807, 2.05) is 0 Å². The molecule has 8 heteroatoms. The smallest absolute Gasteiger partial charge is 0.323 e. The van der Waals surface area contributed by atoms with E-state index in [-0.39, 0.29) is 38.3 Å². The van der Waals surface area contributed by atoms with Gasteiger partial charge >= 0.3 is 23.9 Å². The van der Waals surface area contributed by atoms with Gasteiger partial charge < -0.3 is 18.9 Å². The lowest BCUT2D eigenvalue weighted by Gasteiger charge is -2.38. The third-order valence-electron chi connectivity index (χ3n) is 8.32. The fourth-order valence-corrected chi connectivity index (χ4v) is 6.17. The van der Waals surface area contributed by atoms with Crippen LogP contribution in [0.5, 0.6) is 0 Å². The van der Waals surface area contributed by atoms with Gasteiger partial charge in [-0.25, -0.2) is 0 Å². The maximum absolute atomic E-state index is 13.3. The summed E-state index contributed by atoms with van der Waals surface area (Å²) < 4.78 is 21.7. The molecule has 0 N–H and O–H groups in total. The molecule has 0 bridgehead atoms. The van der Waals surface area contributed by atoms with Crippen molar-refractivity contribution in [3.63, 3.8) is 0 Å². The van der Waals surface area contributed by atoms with Crippen molar-refractivity contribution in [2.45, 2.75) is 131 Å². The number of esters is 4. The zero-order chi connectivity index (χ0) is 30.0. The van der Waals surface area contributed by atoms with Gasteiger partial charge in [0.15, 0.2) is 10.8 Å². The maximum Gasteiger partial charge on any atom is 0.323 e. The van der Waals surface area contributed by atoms with Crippen molar-refractivity contribution in [2.75, 3.05) is 26.4 Å². The zero-order valence-electron chi connectivity index (χ0n) is 26.1. The van der Waals surface area contributed by atoms with Gasteiger partial charge in [0, 0.05) is 0 Å². The lowest BCUT2D eigenvalue weighted by molar-refractivity contribution is -0.177. The highest BCUT2D eigenvalue weighted by molar-refractivity contribution is 6.00. The van der Waals surface area contributed by atoms with E-state index in [1.165, 1.54) is 0 Å². The van der Waals surface area contributed by atoms with E-state index in [2.05, 4.69) is 13.8 Å². The third kappa shape index (κ3) is 10.1. The van der Waals surface area contributed by atoms with Crippen LogP contribution in [0.25, 0.3) is 0 Å². The number of unbranched alkanes of at least 4 members (excludes halogenated alkanes) is 4. The first kappa shape index (κ1) is 35.9. The summed E-state index contributed by atoms with van der Waals surface area (Å²) in [5.74, 6) is -1.63. The van der Waals surface area contributed by atoms with Crippen LogP contribution in [0.4, 0.5) is 0 Å². The Morgan fingerprint density at radius 3 is 1.00 bits per heavy atom. The minimum Gasteiger partial charge on any atom is -0.465 e. The summed E-state index contributed by atoms with van der Waals surface area (Å²) in [5.41, 5.74) is -2.59. The topological polar surface area (TPSA) is 105 Å². The molecule has 1 aliphatic carbocycles. The van der Waals surface area contributed by atoms with E-state index in [9.17, 15) is 19.2 Å². The van der Waals surface area contributed by atoms with Crippen LogP contribution in [0.3, 0.4) is 0 Å². The Hall–Kier alpha value is -2.12. The number of ether oxygens (including phenoxy) is 4. The molecule has 1 saturated carbocycles. The Morgan fingerprint density at radius 1 is 0.500 bits per heavy atom. The van der Waals surface area contributed by atoms with E-state index in [1.54, 1.807) is 27.7 Å². The second-order valence-corrected chi connectivity index (χ2v) is 11.3. The molecule has 40 heavy (non-hydrogen) atoms. The van der Waals surface area contributed by atoms with Gasteiger partial charge in [-0.1, -0.05) is 78.1 Å². The summed E-state index contributed by atoms with van der Waals surface area (Å²) in [6.45, 7) is 12.0. The second-order valence-electron chi connectivity index (χ2n) is 11.3. The highest BCUT2D eigenvalue weighted by Gasteiger charge is 2.52. The summed E-state index contributed by atoms with van der Waals surface area (Å²) in [7, 11) is 0. The quantitative estimate of drug-likeness (QED) is 0.0672. The van der Waals surface area contributed by atoms with Crippen molar-refractivity contribution in [1.82, 2.24) is 0 Å². The molecule has 8 nitrogen and oxygen atoms in total. The zero-order valence-corrected chi connectivity index (χ0v) is 26.1. The summed E-state index contributed by atoms with van der Waals surface area (Å²) in [6.07, 6.45) is 10.2. The van der Waals surface area contributed by atoms with Crippen LogP contribution >= 0.6 is 0 Å². The van der Waals surface area contributed by atoms with Crippen LogP contribution < -0.4 is 0 Å². The van der Waals surface area contributed by atoms with Crippen molar-refractivity contribution in [2.24, 2.45) is 22.7 Å². The van der Waals surface area contributed by atoms with Crippen LogP contribution in [-0.2, 0) is 38.1 Å². The standard InChI is InChI=1S/C32H56O8/c1-7-13-15-21-31(27(33)37-9-3,28(34)38-10-4)23-25-17-19-26(20-18-25)24-32(22-16-14-8-2,29(35)39-11-5)30(36)40-12-6/h25-26H,7-24H2,1-6H3. The molecule has 0 heterocycles. The Morgan fingerprint density at radius 2 is 0.775 bits per heavy atom. The summed E-state index contributed by atoms with van der Waals surface area (Å²) >= 11 is 0. The Bertz CT molecular complexity index is 669. The van der Waals surface area contributed by atoms with Gasteiger partial charge in [-0.05, 0) is 65.2 Å². The molecule has 0 aliphatic heterocycles. The Labute approximate surface area is 242 Å². The highest BCUT2D eigenvalue weighted by Crippen LogP contribution is 2.45. The van der Waals surface area contributed by atoms with Gasteiger partial charge in [-0.2, -0.15) is 0 Å². The summed E-state index contributed by atoms with van der Waals surface area (Å²) in [6, 6.07) is 0. The first-order valence-electron chi connectivity index (χ1n) is 15.9. The SMILES string of the molecule is CCCCCC(CC1CCC(CC(CCCCC)(C(=O)OCC)C(=O)OCC)CC1)(C(=O)OCC)C(=O)OCC. The van der Waals surface area contributed by atoms with Crippen LogP contribution in [0, 0.1) is 22.7 Å². The molecule has 0 spiro atoms. The van der Waals surface area contributed by atoms with Crippen molar-refractivity contribution in [3.05, 3.63) is 0 Å². The number of hydrogen-bond donors (Lipinski definition) is 0. The summed E-state index contributed by atoms with van der Waals surface area (Å²) in [5, 5.41) is 0. The molecule has 1 rings (SSSR count). The van der Waals surface area contributed by atoms with Gasteiger partial charge in [-0.15, -0.1) is 0 Å². The predicted octanol–water partition coefficient (Wildman–Crippen LogP) is 6.96. The molecule has 232 valence electrons. The molecule has 1 aliphatic rings. The average molecular weight is 569 g/mol. The van der Waals surface area contributed by atoms with Crippen LogP contribution in [-0.4, -0.2) is 50.3 Å². The van der Waals surface area contributed by atoms with E-state index in [0.717, 1.165) is 64.2 Å². The number of carbonyl (C=O) groups excluding carboxylic acids is 4. The van der Waals surface area contributed by atoms with Gasteiger partial charge in [0.1, 0.15) is 0 Å². The second kappa shape index (κ2) is 19.1. The summed E-state index contributed by atoms with van der Waals surface area (Å²) in [4.78, 5) is 53.1. The molecular weight excluding hydrogens is 512 g/mol. The third-order valence-corrected chi connectivity index (χ3v) is 8.32. The molecule has 0 amide bonds. The van der Waals surface area contributed by atoms with E-state index in [4.69, 9.17) is 18.9 Å². The highest BCUT2D eigenvalue weighted by atomic mass is 16.6. The fraction of sp³-hybridized carbons (Fsp3) is 0.875. The predicted molar refractivity (Wildman–Crippen MR) is 154 cm³/mol. The Balaban J connectivity index is 3.14. The molecule has 1 fully saturated rings. The minimum absolute atomic E-state index is 0.145. The van der Waals surface area contributed by atoms with Crippen LogP contribution in [0.2, 0.25) is 0 Å². The van der Waals surface area contributed by atoms with Crippen LogP contribution in [0.15, 0.2) is 0 Å². The largest absolute Gasteiger partial charge is 0.465 e. The number of rotatable bonds is 20. The Kier molecular flexibility index (Phi) is 17.1. The normalized spacial score (nSPS) is 17.6. The number of hydrogen-bond acceptors (Lipinski definition) is 8. The molecule has 0 aromatic heterocycles. The van der Waals surface area contributed by atoms with Crippen molar-refractivity contribution in [3.8, 4) is 0 Å². The lowest BCUT2D eigenvalue weighted by Crippen LogP contribution is -2.45. The average Bonchev–Trinajstić information content (AvgIpc) is 2.93. The first-order chi connectivity index (χ1) is 19.2. The van der Waals surface area contributed by atoms with Crippen LogP contribution in [0.1, 0.15) is 131 Å². The van der Waals surface area contributed by atoms with E-state index < -0.39 is 34.7 Å². The molecule has 0 atom stereocenters. The first-order valence-corrected chi connectivity index (χ1v) is 15.9. The van der Waals surface area contributed by atoms with Gasteiger partial charge in [-0.3, -0.25) is 19.2 Å². The van der Waals surface area contributed by atoms with Crippen molar-refractivity contribution in [1.29, 1.82) is 0 Å². The molecule has 0 aromatic carbocycles. The van der Waals surface area contributed by atoms with Gasteiger partial charge in [0.05, 0.1) is 26.4 Å². The number of carbonyl (C=O) groups is 4. The van der Waals surface area contributed by atoms with Crippen molar-refractivity contribution >= 4 is 23.9 Å². The molecular formula is C32H56O8. The molecule has 0 saturated heterocycles.